The van der Waals surface area contributed by atoms with Crippen LogP contribution < -0.4 is 5.32 Å². The van der Waals surface area contributed by atoms with Gasteiger partial charge in [0.1, 0.15) is 5.82 Å². The summed E-state index contributed by atoms with van der Waals surface area (Å²) in [5.41, 5.74) is 1.77. The molecule has 28 heavy (non-hydrogen) atoms. The molecule has 1 aliphatic heterocycles. The number of halogens is 1. The second-order valence-corrected chi connectivity index (χ2v) is 8.49. The number of rotatable bonds is 5. The normalized spacial score (nSPS) is 17.0. The molecule has 3 rings (SSSR count). The van der Waals surface area contributed by atoms with Crippen LogP contribution in [0.5, 0.6) is 0 Å². The first-order chi connectivity index (χ1) is 13.3. The summed E-state index contributed by atoms with van der Waals surface area (Å²) < 4.78 is 13.8. The van der Waals surface area contributed by atoms with Crippen LogP contribution in [0.15, 0.2) is 23.6 Å². The minimum absolute atomic E-state index is 0.00863. The number of nitrogens with one attached hydrogen (secondary N) is 1. The topological polar surface area (TPSA) is 62.3 Å². The summed E-state index contributed by atoms with van der Waals surface area (Å²) in [6, 6.07) is 4.64. The van der Waals surface area contributed by atoms with Crippen molar-refractivity contribution >= 4 is 23.2 Å². The summed E-state index contributed by atoms with van der Waals surface area (Å²) in [5, 5.41) is 5.83. The molecule has 1 aliphatic rings. The lowest BCUT2D eigenvalue weighted by molar-refractivity contribution is -0.124. The molecule has 0 bridgehead atoms. The maximum atomic E-state index is 13.8. The van der Waals surface area contributed by atoms with Crippen LogP contribution in [0, 0.1) is 18.7 Å². The molecule has 7 heteroatoms. The van der Waals surface area contributed by atoms with Crippen LogP contribution in [0.4, 0.5) is 4.39 Å². The van der Waals surface area contributed by atoms with Gasteiger partial charge in [0.05, 0.1) is 17.2 Å². The third kappa shape index (κ3) is 4.76. The first-order valence-corrected chi connectivity index (χ1v) is 10.5. The summed E-state index contributed by atoms with van der Waals surface area (Å²) in [5.74, 6) is -0.360. The Labute approximate surface area is 169 Å². The predicted molar refractivity (Wildman–Crippen MR) is 108 cm³/mol. The van der Waals surface area contributed by atoms with Gasteiger partial charge in [0, 0.05) is 35.9 Å². The molecular formula is C21H26FN3O2S. The zero-order valence-corrected chi connectivity index (χ0v) is 17.3. The number of nitrogens with zero attached hydrogens (tertiary/aromatic N) is 2. The van der Waals surface area contributed by atoms with Gasteiger partial charge < -0.3 is 10.2 Å². The van der Waals surface area contributed by atoms with Gasteiger partial charge in [-0.05, 0) is 37.5 Å². The van der Waals surface area contributed by atoms with Crippen molar-refractivity contribution in [3.63, 3.8) is 0 Å². The summed E-state index contributed by atoms with van der Waals surface area (Å²) in [7, 11) is 0. The van der Waals surface area contributed by atoms with Crippen LogP contribution in [-0.2, 0) is 11.3 Å². The fourth-order valence-electron chi connectivity index (χ4n) is 3.24. The second-order valence-electron chi connectivity index (χ2n) is 7.60. The molecule has 0 radical (unpaired) electrons. The zero-order chi connectivity index (χ0) is 20.3. The number of thiazole rings is 1. The molecule has 0 aliphatic carbocycles. The van der Waals surface area contributed by atoms with Gasteiger partial charge in [-0.3, -0.25) is 9.59 Å². The number of hydrogen-bond donors (Lipinski definition) is 1. The van der Waals surface area contributed by atoms with Crippen molar-refractivity contribution in [2.45, 2.75) is 46.1 Å². The standard InChI is InChI=1S/C21H26FN3O2S/c1-13(2)19(26)23-10-17-12-28-20(24-17)16-5-4-8-25(11-16)21(27)15-7-6-14(3)18(22)9-15/h6-7,9,12-13,16H,4-5,8,10-11H2,1-3H3,(H,23,26)/t16-/m1/s1. The van der Waals surface area contributed by atoms with Crippen molar-refractivity contribution in [3.05, 3.63) is 51.2 Å². The summed E-state index contributed by atoms with van der Waals surface area (Å²) in [6.45, 7) is 7.08. The largest absolute Gasteiger partial charge is 0.350 e. The first-order valence-electron chi connectivity index (χ1n) is 9.62. The number of amides is 2. The lowest BCUT2D eigenvalue weighted by Crippen LogP contribution is -2.39. The van der Waals surface area contributed by atoms with Gasteiger partial charge in [-0.15, -0.1) is 11.3 Å². The maximum Gasteiger partial charge on any atom is 0.253 e. The Hall–Kier alpha value is -2.28. The van der Waals surface area contributed by atoms with E-state index >= 15 is 0 Å². The predicted octanol–water partition coefficient (Wildman–Crippen LogP) is 3.88. The molecule has 1 N–H and O–H groups in total. The van der Waals surface area contributed by atoms with Gasteiger partial charge in [-0.25, -0.2) is 9.37 Å². The van der Waals surface area contributed by atoms with Gasteiger partial charge >= 0.3 is 0 Å². The van der Waals surface area contributed by atoms with Crippen molar-refractivity contribution in [1.29, 1.82) is 0 Å². The number of likely N-dealkylation sites (tertiary alicyclic amines) is 1. The van der Waals surface area contributed by atoms with E-state index in [1.165, 1.54) is 6.07 Å². The monoisotopic (exact) mass is 403 g/mol. The molecule has 0 saturated carbocycles. The number of carbonyl (C=O) groups excluding carboxylic acids is 2. The summed E-state index contributed by atoms with van der Waals surface area (Å²) >= 11 is 1.57. The highest BCUT2D eigenvalue weighted by Crippen LogP contribution is 2.30. The highest BCUT2D eigenvalue weighted by atomic mass is 32.1. The van der Waals surface area contributed by atoms with Crippen LogP contribution in [0.3, 0.4) is 0 Å². The molecule has 2 amide bonds. The van der Waals surface area contributed by atoms with E-state index in [1.807, 2.05) is 19.2 Å². The third-order valence-electron chi connectivity index (χ3n) is 5.01. The Kier molecular flexibility index (Phi) is 6.44. The van der Waals surface area contributed by atoms with Gasteiger partial charge in [0.2, 0.25) is 5.91 Å². The minimum atomic E-state index is -0.354. The van der Waals surface area contributed by atoms with E-state index in [4.69, 9.17) is 0 Å². The van der Waals surface area contributed by atoms with Crippen LogP contribution in [0.25, 0.3) is 0 Å². The Balaban J connectivity index is 1.64. The smallest absolute Gasteiger partial charge is 0.253 e. The van der Waals surface area contributed by atoms with Crippen molar-refractivity contribution in [1.82, 2.24) is 15.2 Å². The number of aryl methyl sites for hydroxylation is 1. The van der Waals surface area contributed by atoms with Gasteiger partial charge in [0.25, 0.3) is 5.91 Å². The third-order valence-corrected chi connectivity index (χ3v) is 6.07. The Morgan fingerprint density at radius 3 is 2.89 bits per heavy atom. The average molecular weight is 404 g/mol. The summed E-state index contributed by atoms with van der Waals surface area (Å²) in [4.78, 5) is 31.0. The molecule has 1 saturated heterocycles. The highest BCUT2D eigenvalue weighted by molar-refractivity contribution is 7.09. The minimum Gasteiger partial charge on any atom is -0.350 e. The van der Waals surface area contributed by atoms with Crippen molar-refractivity contribution in [3.8, 4) is 0 Å². The molecule has 1 aromatic carbocycles. The lowest BCUT2D eigenvalue weighted by Gasteiger charge is -2.32. The quantitative estimate of drug-likeness (QED) is 0.824. The Morgan fingerprint density at radius 2 is 2.18 bits per heavy atom. The molecule has 0 unspecified atom stereocenters. The van der Waals surface area contributed by atoms with Crippen LogP contribution in [0.2, 0.25) is 0 Å². The van der Waals surface area contributed by atoms with Crippen LogP contribution >= 0.6 is 11.3 Å². The zero-order valence-electron chi connectivity index (χ0n) is 16.5. The molecular weight excluding hydrogens is 377 g/mol. The fraction of sp³-hybridized carbons (Fsp3) is 0.476. The number of aromatic nitrogens is 1. The number of hydrogen-bond acceptors (Lipinski definition) is 4. The van der Waals surface area contributed by atoms with Gasteiger partial charge in [0.15, 0.2) is 0 Å². The molecule has 2 aromatic rings. The molecule has 1 aromatic heterocycles. The van der Waals surface area contributed by atoms with E-state index in [1.54, 1.807) is 35.3 Å². The average Bonchev–Trinajstić information content (AvgIpc) is 3.16. The highest BCUT2D eigenvalue weighted by Gasteiger charge is 2.27. The maximum absolute atomic E-state index is 13.8. The Bertz CT molecular complexity index is 865. The molecule has 150 valence electrons. The number of piperidine rings is 1. The fourth-order valence-corrected chi connectivity index (χ4v) is 4.19. The second kappa shape index (κ2) is 8.82. The first kappa shape index (κ1) is 20.5. The molecule has 1 fully saturated rings. The van der Waals surface area contributed by atoms with Crippen molar-refractivity contribution in [2.24, 2.45) is 5.92 Å². The van der Waals surface area contributed by atoms with E-state index < -0.39 is 0 Å². The lowest BCUT2D eigenvalue weighted by atomic mass is 9.98. The molecule has 0 spiro atoms. The Morgan fingerprint density at radius 1 is 1.39 bits per heavy atom. The molecule has 5 nitrogen and oxygen atoms in total. The van der Waals surface area contributed by atoms with E-state index in [0.29, 0.717) is 30.8 Å². The SMILES string of the molecule is Cc1ccc(C(=O)N2CCC[C@@H](c3nc(CNC(=O)C(C)C)cs3)C2)cc1F. The van der Waals surface area contributed by atoms with E-state index in [-0.39, 0.29) is 29.5 Å². The number of carbonyl (C=O) groups is 2. The van der Waals surface area contributed by atoms with E-state index in [9.17, 15) is 14.0 Å². The van der Waals surface area contributed by atoms with E-state index in [2.05, 4.69) is 10.3 Å². The van der Waals surface area contributed by atoms with Crippen LogP contribution in [-0.4, -0.2) is 34.8 Å². The van der Waals surface area contributed by atoms with Crippen molar-refractivity contribution < 1.29 is 14.0 Å². The van der Waals surface area contributed by atoms with Crippen molar-refractivity contribution in [2.75, 3.05) is 13.1 Å². The van der Waals surface area contributed by atoms with Gasteiger partial charge in [-0.2, -0.15) is 0 Å². The summed E-state index contributed by atoms with van der Waals surface area (Å²) in [6.07, 6.45) is 1.86. The van der Waals surface area contributed by atoms with Crippen LogP contribution in [0.1, 0.15) is 59.2 Å². The number of benzene rings is 1. The molecule has 2 heterocycles. The van der Waals surface area contributed by atoms with E-state index in [0.717, 1.165) is 23.5 Å². The molecule has 1 atom stereocenters. The van der Waals surface area contributed by atoms with Gasteiger partial charge in [-0.1, -0.05) is 19.9 Å².